The molecule has 4 rings (SSSR count). The van der Waals surface area contributed by atoms with Crippen molar-refractivity contribution < 1.29 is 27.5 Å². The molecule has 2 aromatic rings. The Bertz CT molecular complexity index is 1120. The molecule has 3 N–H and O–H groups in total. The molecule has 1 saturated carbocycles. The van der Waals surface area contributed by atoms with Crippen LogP contribution in [0.5, 0.6) is 0 Å². The van der Waals surface area contributed by atoms with Crippen molar-refractivity contribution in [3.8, 4) is 0 Å². The summed E-state index contributed by atoms with van der Waals surface area (Å²) in [6.07, 6.45) is 0.159. The molecule has 2 heterocycles. The predicted octanol–water partition coefficient (Wildman–Crippen LogP) is 5.11. The average Bonchev–Trinajstić information content (AvgIpc) is 2.78. The molecule has 1 aromatic heterocycles. The second-order valence-corrected chi connectivity index (χ2v) is 9.09. The van der Waals surface area contributed by atoms with Crippen molar-refractivity contribution in [3.63, 3.8) is 0 Å². The van der Waals surface area contributed by atoms with E-state index in [9.17, 15) is 22.8 Å². The summed E-state index contributed by atoms with van der Waals surface area (Å²) in [6.45, 7) is 2.19. The zero-order chi connectivity index (χ0) is 25.9. The van der Waals surface area contributed by atoms with E-state index < -0.39 is 23.7 Å². The minimum absolute atomic E-state index is 0.00520. The highest BCUT2D eigenvalue weighted by Crippen LogP contribution is 2.40. The number of amides is 2. The molecule has 1 aromatic carbocycles. The molecule has 2 amide bonds. The van der Waals surface area contributed by atoms with Gasteiger partial charge < -0.3 is 25.6 Å². The van der Waals surface area contributed by atoms with E-state index in [0.29, 0.717) is 37.5 Å². The molecule has 2 aliphatic rings. The third-order valence-corrected chi connectivity index (χ3v) is 6.47. The molecule has 0 radical (unpaired) electrons. The minimum atomic E-state index is -4.70. The first-order chi connectivity index (χ1) is 17.1. The number of nitrogens with one attached hydrogen (secondary N) is 3. The summed E-state index contributed by atoms with van der Waals surface area (Å²) >= 11 is 0. The first-order valence-electron chi connectivity index (χ1n) is 11.9. The maximum Gasteiger partial charge on any atom is 0.421 e. The smallest absolute Gasteiger partial charge is 0.421 e. The number of piperidine rings is 1. The second-order valence-electron chi connectivity index (χ2n) is 9.09. The number of carbonyl (C=O) groups excluding carboxylic acids is 2. The quantitative estimate of drug-likeness (QED) is 0.500. The van der Waals surface area contributed by atoms with Crippen LogP contribution in [0.4, 0.5) is 41.1 Å². The molecule has 1 atom stereocenters. The van der Waals surface area contributed by atoms with E-state index in [4.69, 9.17) is 4.74 Å². The molecule has 9 nitrogen and oxygen atoms in total. The zero-order valence-corrected chi connectivity index (χ0v) is 20.1. The van der Waals surface area contributed by atoms with Crippen LogP contribution in [0, 0.1) is 0 Å². The summed E-state index contributed by atoms with van der Waals surface area (Å²) in [5.41, 5.74) is 0.668. The van der Waals surface area contributed by atoms with Crippen LogP contribution in [-0.4, -0.2) is 53.1 Å². The number of alkyl halides is 3. The third kappa shape index (κ3) is 5.97. The Hall–Kier alpha value is -3.57. The molecule has 2 fully saturated rings. The highest BCUT2D eigenvalue weighted by atomic mass is 19.4. The van der Waals surface area contributed by atoms with E-state index in [-0.39, 0.29) is 23.6 Å². The number of aromatic nitrogens is 2. The van der Waals surface area contributed by atoms with Gasteiger partial charge in [0, 0.05) is 32.3 Å². The van der Waals surface area contributed by atoms with Crippen LogP contribution in [0.3, 0.4) is 0 Å². The number of hydrogen-bond donors (Lipinski definition) is 3. The number of benzene rings is 1. The lowest BCUT2D eigenvalue weighted by Crippen LogP contribution is -2.45. The van der Waals surface area contributed by atoms with Gasteiger partial charge >= 0.3 is 12.3 Å². The van der Waals surface area contributed by atoms with E-state index in [2.05, 4.69) is 25.9 Å². The Labute approximate surface area is 206 Å². The second kappa shape index (κ2) is 10.6. The lowest BCUT2D eigenvalue weighted by molar-refractivity contribution is -0.137. The molecule has 1 aliphatic carbocycles. The summed E-state index contributed by atoms with van der Waals surface area (Å²) in [5.74, 6) is -0.400. The van der Waals surface area contributed by atoms with Crippen LogP contribution in [0.1, 0.15) is 56.1 Å². The van der Waals surface area contributed by atoms with Crippen LogP contribution in [0.15, 0.2) is 24.4 Å². The first kappa shape index (κ1) is 25.5. The van der Waals surface area contributed by atoms with Gasteiger partial charge in [-0.15, -0.1) is 0 Å². The molecule has 194 valence electrons. The van der Waals surface area contributed by atoms with E-state index >= 15 is 0 Å². The summed E-state index contributed by atoms with van der Waals surface area (Å²) < 4.78 is 46.1. The molecule has 0 spiro atoms. The van der Waals surface area contributed by atoms with Crippen molar-refractivity contribution in [1.82, 2.24) is 14.9 Å². The summed E-state index contributed by atoms with van der Waals surface area (Å²) in [6, 6.07) is 5.06. The van der Waals surface area contributed by atoms with Gasteiger partial charge in [-0.05, 0) is 49.3 Å². The van der Waals surface area contributed by atoms with Gasteiger partial charge in [0.25, 0.3) is 0 Å². The van der Waals surface area contributed by atoms with Crippen molar-refractivity contribution in [2.24, 2.45) is 0 Å². The summed E-state index contributed by atoms with van der Waals surface area (Å²) in [4.78, 5) is 33.2. The molecule has 1 aliphatic heterocycles. The van der Waals surface area contributed by atoms with Gasteiger partial charge in [-0.1, -0.05) is 12.5 Å². The van der Waals surface area contributed by atoms with E-state index in [0.717, 1.165) is 31.0 Å². The number of halogens is 3. The SMILES string of the molecule is COC(=O)N1CCC[C@H](Nc2ncc(C(F)(F)F)c(Nc3ccc(C4CCC4)cc3NC(C)=O)n2)C1. The highest BCUT2D eigenvalue weighted by molar-refractivity contribution is 5.93. The number of ether oxygens (including phenoxy) is 1. The Kier molecular flexibility index (Phi) is 7.51. The standard InChI is InChI=1S/C24H29F3N6O3/c1-14(34)29-20-11-16(15-5-3-6-15)8-9-19(20)31-21-18(24(25,26)27)12-28-22(32-21)30-17-7-4-10-33(13-17)23(35)36-2/h8-9,11-12,15,17H,3-7,10,13H2,1-2H3,(H,29,34)(H2,28,30,31,32)/t17-/m0/s1. The van der Waals surface area contributed by atoms with Crippen molar-refractivity contribution in [2.75, 3.05) is 36.1 Å². The lowest BCUT2D eigenvalue weighted by Gasteiger charge is -2.32. The molecule has 1 saturated heterocycles. The van der Waals surface area contributed by atoms with Crippen LogP contribution in [0.25, 0.3) is 0 Å². The van der Waals surface area contributed by atoms with Gasteiger partial charge in [0.15, 0.2) is 0 Å². The third-order valence-electron chi connectivity index (χ3n) is 6.47. The number of anilines is 4. The van der Waals surface area contributed by atoms with Gasteiger partial charge in [0.05, 0.1) is 18.5 Å². The van der Waals surface area contributed by atoms with Crippen LogP contribution < -0.4 is 16.0 Å². The molecule has 36 heavy (non-hydrogen) atoms. The largest absolute Gasteiger partial charge is 0.453 e. The number of carbonyl (C=O) groups is 2. The molecule has 0 unspecified atom stereocenters. The van der Waals surface area contributed by atoms with Gasteiger partial charge in [-0.25, -0.2) is 9.78 Å². The maximum absolute atomic E-state index is 13.8. The van der Waals surface area contributed by atoms with E-state index in [1.165, 1.54) is 18.9 Å². The fourth-order valence-electron chi connectivity index (χ4n) is 4.41. The molecule has 0 bridgehead atoms. The fourth-order valence-corrected chi connectivity index (χ4v) is 4.41. The predicted molar refractivity (Wildman–Crippen MR) is 128 cm³/mol. The fraction of sp³-hybridized carbons (Fsp3) is 0.500. The molecular formula is C24H29F3N6O3. The minimum Gasteiger partial charge on any atom is -0.453 e. The highest BCUT2D eigenvalue weighted by Gasteiger charge is 2.36. The van der Waals surface area contributed by atoms with Crippen LogP contribution in [0.2, 0.25) is 0 Å². The van der Waals surface area contributed by atoms with E-state index in [1.807, 2.05) is 6.07 Å². The number of likely N-dealkylation sites (tertiary alicyclic amines) is 1. The normalized spacial score (nSPS) is 18.2. The van der Waals surface area contributed by atoms with Crippen molar-refractivity contribution >= 4 is 35.1 Å². The lowest BCUT2D eigenvalue weighted by atomic mass is 9.80. The Morgan fingerprint density at radius 3 is 2.56 bits per heavy atom. The summed E-state index contributed by atoms with van der Waals surface area (Å²) in [7, 11) is 1.30. The number of methoxy groups -OCH3 is 1. The molecular weight excluding hydrogens is 477 g/mol. The van der Waals surface area contributed by atoms with Crippen molar-refractivity contribution in [3.05, 3.63) is 35.5 Å². The molecule has 12 heteroatoms. The van der Waals surface area contributed by atoms with Crippen molar-refractivity contribution in [1.29, 1.82) is 0 Å². The van der Waals surface area contributed by atoms with Gasteiger partial charge in [-0.3, -0.25) is 4.79 Å². The topological polar surface area (TPSA) is 108 Å². The zero-order valence-electron chi connectivity index (χ0n) is 20.1. The average molecular weight is 507 g/mol. The Morgan fingerprint density at radius 2 is 1.92 bits per heavy atom. The number of rotatable bonds is 6. The van der Waals surface area contributed by atoms with E-state index in [1.54, 1.807) is 12.1 Å². The monoisotopic (exact) mass is 506 g/mol. The van der Waals surface area contributed by atoms with Gasteiger partial charge in [0.2, 0.25) is 11.9 Å². The van der Waals surface area contributed by atoms with Gasteiger partial charge in [0.1, 0.15) is 11.4 Å². The van der Waals surface area contributed by atoms with Gasteiger partial charge in [-0.2, -0.15) is 18.2 Å². The Morgan fingerprint density at radius 1 is 1.14 bits per heavy atom. The first-order valence-corrected chi connectivity index (χ1v) is 11.9. The number of hydrogen-bond acceptors (Lipinski definition) is 7. The van der Waals surface area contributed by atoms with Crippen LogP contribution in [-0.2, 0) is 15.7 Å². The van der Waals surface area contributed by atoms with Crippen LogP contribution >= 0.6 is 0 Å². The maximum atomic E-state index is 13.8. The summed E-state index contributed by atoms with van der Waals surface area (Å²) in [5, 5.41) is 8.50. The van der Waals surface area contributed by atoms with Crippen molar-refractivity contribution in [2.45, 2.75) is 57.2 Å². The Balaban J connectivity index is 1.61. The number of nitrogens with zero attached hydrogens (tertiary/aromatic N) is 3.